The third-order valence-electron chi connectivity index (χ3n) is 8.77. The number of benzene rings is 4. The Labute approximate surface area is 225 Å². The second-order valence-electron chi connectivity index (χ2n) is 10.9. The number of nitro groups is 1. The van der Waals surface area contributed by atoms with Crippen molar-refractivity contribution in [3.05, 3.63) is 129 Å². The molecule has 1 heterocycles. The van der Waals surface area contributed by atoms with Crippen LogP contribution in [0.25, 0.3) is 22.0 Å². The molecule has 1 aromatic heterocycles. The first-order chi connectivity index (χ1) is 18.8. The summed E-state index contributed by atoms with van der Waals surface area (Å²) < 4.78 is 0. The summed E-state index contributed by atoms with van der Waals surface area (Å²) in [6.07, 6.45) is 1.78. The molecule has 7 nitrogen and oxygen atoms in total. The van der Waals surface area contributed by atoms with Crippen molar-refractivity contribution in [3.63, 3.8) is 0 Å². The van der Waals surface area contributed by atoms with E-state index in [-0.39, 0.29) is 23.2 Å². The van der Waals surface area contributed by atoms with E-state index in [4.69, 9.17) is 0 Å². The molecule has 2 N–H and O–H groups in total. The summed E-state index contributed by atoms with van der Waals surface area (Å²) in [5.41, 5.74) is 3.42. The van der Waals surface area contributed by atoms with Crippen LogP contribution in [0.5, 0.6) is 0 Å². The van der Waals surface area contributed by atoms with Crippen LogP contribution >= 0.6 is 0 Å². The fourth-order valence-corrected chi connectivity index (χ4v) is 7.00. The van der Waals surface area contributed by atoms with E-state index in [2.05, 4.69) is 40.4 Å². The molecular weight excluding hydrogens is 488 g/mol. The van der Waals surface area contributed by atoms with Crippen molar-refractivity contribution in [2.45, 2.75) is 31.7 Å². The van der Waals surface area contributed by atoms with Crippen molar-refractivity contribution in [1.29, 1.82) is 0 Å². The zero-order valence-electron chi connectivity index (χ0n) is 21.6. The first kappa shape index (κ1) is 23.3. The summed E-state index contributed by atoms with van der Waals surface area (Å²) in [6, 6.07) is 27.3. The molecule has 0 aliphatic heterocycles. The topological polar surface area (TPSA) is 101 Å². The quantitative estimate of drug-likeness (QED) is 0.210. The lowest BCUT2D eigenvalue weighted by molar-refractivity contribution is -0.573. The van der Waals surface area contributed by atoms with Gasteiger partial charge in [-0.2, -0.15) is 0 Å². The Hall–Kier alpha value is -4.78. The van der Waals surface area contributed by atoms with E-state index in [0.29, 0.717) is 17.1 Å². The standard InChI is InChI=1S/C32H26N4O3/c1-19-15-16-22(21-10-4-3-9-20(19)21)27-17-33-30(34-27)35-29(37)31(2)18-32(36(38)39)25-13-7-5-11-23(25)28(31)24-12-6-8-14-26(24)32/h3-17,28H,18H2,1-2H3,(H2,33,34,35,37). The number of imidazole rings is 1. The number of amides is 1. The Balaban J connectivity index is 1.29. The number of H-pyrrole nitrogens is 1. The number of fused-ring (bicyclic) bond motifs is 2. The van der Waals surface area contributed by atoms with Gasteiger partial charge in [-0.3, -0.25) is 20.2 Å². The monoisotopic (exact) mass is 514 g/mol. The lowest BCUT2D eigenvalue weighted by atomic mass is 9.49. The van der Waals surface area contributed by atoms with Crippen LogP contribution in [0, 0.1) is 22.5 Å². The lowest BCUT2D eigenvalue weighted by Gasteiger charge is -2.52. The number of carbonyl (C=O) groups is 1. The number of carbonyl (C=O) groups excluding carboxylic acids is 1. The molecule has 39 heavy (non-hydrogen) atoms. The van der Waals surface area contributed by atoms with Gasteiger partial charge in [-0.25, -0.2) is 4.98 Å². The van der Waals surface area contributed by atoms with E-state index in [1.165, 1.54) is 5.56 Å². The molecule has 0 saturated heterocycles. The summed E-state index contributed by atoms with van der Waals surface area (Å²) in [4.78, 5) is 34.5. The third kappa shape index (κ3) is 3.10. The van der Waals surface area contributed by atoms with Crippen molar-refractivity contribution >= 4 is 22.6 Å². The van der Waals surface area contributed by atoms with Gasteiger partial charge in [-0.15, -0.1) is 0 Å². The molecule has 0 spiro atoms. The molecule has 2 bridgehead atoms. The SMILES string of the molecule is Cc1ccc(-c2cnc(NC(=O)C3(C)CC4([N+](=O)[O-])c5ccccc5C3c3ccccc34)[nH]2)c2ccccc12. The van der Waals surface area contributed by atoms with Gasteiger partial charge in [-0.1, -0.05) is 84.9 Å². The number of hydrogen-bond acceptors (Lipinski definition) is 4. The van der Waals surface area contributed by atoms with Crippen LogP contribution in [0.4, 0.5) is 5.95 Å². The molecule has 1 unspecified atom stereocenters. The predicted octanol–water partition coefficient (Wildman–Crippen LogP) is 6.55. The molecule has 0 fully saturated rings. The van der Waals surface area contributed by atoms with Crippen molar-refractivity contribution in [1.82, 2.24) is 9.97 Å². The predicted molar refractivity (Wildman–Crippen MR) is 150 cm³/mol. The molecular formula is C32H26N4O3. The Bertz CT molecular complexity index is 1780. The summed E-state index contributed by atoms with van der Waals surface area (Å²) in [5.74, 6) is -0.293. The minimum atomic E-state index is -1.50. The maximum atomic E-state index is 14.1. The largest absolute Gasteiger partial charge is 0.324 e. The van der Waals surface area contributed by atoms with Crippen LogP contribution in [-0.4, -0.2) is 20.8 Å². The van der Waals surface area contributed by atoms with E-state index in [0.717, 1.165) is 33.2 Å². The first-order valence-corrected chi connectivity index (χ1v) is 13.0. The summed E-state index contributed by atoms with van der Waals surface area (Å²) in [5, 5.41) is 18.1. The van der Waals surface area contributed by atoms with E-state index < -0.39 is 11.0 Å². The Morgan fingerprint density at radius 2 is 1.56 bits per heavy atom. The second-order valence-corrected chi connectivity index (χ2v) is 10.9. The summed E-state index contributed by atoms with van der Waals surface area (Å²) in [7, 11) is 0. The van der Waals surface area contributed by atoms with Gasteiger partial charge in [0, 0.05) is 34.0 Å². The number of rotatable bonds is 4. The number of anilines is 1. The zero-order valence-corrected chi connectivity index (χ0v) is 21.6. The van der Waals surface area contributed by atoms with E-state index in [1.807, 2.05) is 73.7 Å². The van der Waals surface area contributed by atoms with Gasteiger partial charge in [0.1, 0.15) is 0 Å². The van der Waals surface area contributed by atoms with Crippen molar-refractivity contribution in [2.24, 2.45) is 5.41 Å². The highest BCUT2D eigenvalue weighted by molar-refractivity contribution is 5.99. The maximum Gasteiger partial charge on any atom is 0.273 e. The van der Waals surface area contributed by atoms with E-state index in [9.17, 15) is 14.9 Å². The Morgan fingerprint density at radius 3 is 2.23 bits per heavy atom. The number of nitrogens with zero attached hydrogens (tertiary/aromatic N) is 2. The van der Waals surface area contributed by atoms with Crippen LogP contribution in [0.2, 0.25) is 0 Å². The number of aromatic amines is 1. The van der Waals surface area contributed by atoms with Crippen molar-refractivity contribution in [2.75, 3.05) is 5.32 Å². The summed E-state index contributed by atoms with van der Waals surface area (Å²) >= 11 is 0. The second kappa shape index (κ2) is 8.11. The Kier molecular flexibility index (Phi) is 4.85. The lowest BCUT2D eigenvalue weighted by Crippen LogP contribution is -2.57. The van der Waals surface area contributed by atoms with Gasteiger partial charge in [0.05, 0.1) is 17.3 Å². The minimum Gasteiger partial charge on any atom is -0.324 e. The number of hydrogen-bond donors (Lipinski definition) is 2. The Morgan fingerprint density at radius 1 is 0.949 bits per heavy atom. The fraction of sp³-hybridized carbons (Fsp3) is 0.188. The molecule has 4 aromatic carbocycles. The van der Waals surface area contributed by atoms with Crippen LogP contribution in [0.15, 0.2) is 91.1 Å². The highest BCUT2D eigenvalue weighted by Gasteiger charge is 2.67. The van der Waals surface area contributed by atoms with Crippen molar-refractivity contribution < 1.29 is 9.72 Å². The highest BCUT2D eigenvalue weighted by Crippen LogP contribution is 2.64. The molecule has 192 valence electrons. The highest BCUT2D eigenvalue weighted by atomic mass is 16.6. The maximum absolute atomic E-state index is 14.1. The molecule has 0 saturated carbocycles. The van der Waals surface area contributed by atoms with Crippen LogP contribution in [0.1, 0.15) is 47.1 Å². The molecule has 3 aliphatic rings. The average Bonchev–Trinajstić information content (AvgIpc) is 3.41. The molecule has 7 heteroatoms. The molecule has 8 rings (SSSR count). The number of aromatic nitrogens is 2. The summed E-state index contributed by atoms with van der Waals surface area (Å²) in [6.45, 7) is 3.92. The first-order valence-electron chi connectivity index (χ1n) is 13.0. The fourth-order valence-electron chi connectivity index (χ4n) is 7.00. The normalized spacial score (nSPS) is 22.8. The zero-order chi connectivity index (χ0) is 26.9. The van der Waals surface area contributed by atoms with Gasteiger partial charge in [0.25, 0.3) is 5.54 Å². The van der Waals surface area contributed by atoms with E-state index in [1.54, 1.807) is 6.20 Å². The average molecular weight is 515 g/mol. The van der Waals surface area contributed by atoms with Gasteiger partial charge >= 0.3 is 0 Å². The van der Waals surface area contributed by atoms with Gasteiger partial charge < -0.3 is 4.98 Å². The van der Waals surface area contributed by atoms with E-state index >= 15 is 0 Å². The van der Waals surface area contributed by atoms with Gasteiger partial charge in [0.2, 0.25) is 11.9 Å². The molecule has 3 aliphatic carbocycles. The van der Waals surface area contributed by atoms with Gasteiger partial charge in [0.15, 0.2) is 0 Å². The van der Waals surface area contributed by atoms with Crippen LogP contribution in [-0.2, 0) is 10.3 Å². The van der Waals surface area contributed by atoms with Crippen molar-refractivity contribution in [3.8, 4) is 11.3 Å². The van der Waals surface area contributed by atoms with Gasteiger partial charge in [-0.05, 0) is 41.3 Å². The number of nitrogens with one attached hydrogen (secondary N) is 2. The van der Waals surface area contributed by atoms with Crippen LogP contribution < -0.4 is 5.32 Å². The molecule has 1 amide bonds. The molecule has 5 aromatic rings. The minimum absolute atomic E-state index is 0.0632. The molecule has 1 atom stereocenters. The third-order valence-corrected chi connectivity index (χ3v) is 8.77. The smallest absolute Gasteiger partial charge is 0.273 e. The number of aryl methyl sites for hydroxylation is 1. The van der Waals surface area contributed by atoms with Crippen LogP contribution in [0.3, 0.4) is 0 Å². The molecule has 0 radical (unpaired) electrons.